The van der Waals surface area contributed by atoms with E-state index < -0.39 is 0 Å². The van der Waals surface area contributed by atoms with Gasteiger partial charge in [-0.2, -0.15) is 0 Å². The van der Waals surface area contributed by atoms with Gasteiger partial charge in [-0.25, -0.2) is 30.0 Å². The summed E-state index contributed by atoms with van der Waals surface area (Å²) >= 11 is 5.34. The van der Waals surface area contributed by atoms with Crippen LogP contribution in [-0.2, 0) is 19.3 Å². The SMILES string of the molecule is CNC1=NC(CN(CCc2cccs2)C2=NC(CCN(CCc3cccs3)C3=NC(C)N=C(N(C)C)N3)N=C(N(C)C)N2)N=C(N(C)CCc2cccs2)N1. The van der Waals surface area contributed by atoms with Gasteiger partial charge in [0.2, 0.25) is 29.8 Å². The second-order valence-electron chi connectivity index (χ2n) is 13.9. The number of aliphatic imine (C=N–C) groups is 6. The zero-order chi connectivity index (χ0) is 38.7. The van der Waals surface area contributed by atoms with E-state index >= 15 is 0 Å². The van der Waals surface area contributed by atoms with E-state index in [1.54, 1.807) is 34.0 Å². The number of hydrogen-bond donors (Lipinski definition) is 4. The first-order valence-electron chi connectivity index (χ1n) is 18.7. The Hall–Kier alpha value is -4.68. The molecule has 15 nitrogen and oxygen atoms in total. The molecule has 0 fully saturated rings. The Kier molecular flexibility index (Phi) is 14.0. The summed E-state index contributed by atoms with van der Waals surface area (Å²) in [5.74, 6) is 4.67. The highest BCUT2D eigenvalue weighted by Gasteiger charge is 2.28. The third-order valence-corrected chi connectivity index (χ3v) is 12.0. The van der Waals surface area contributed by atoms with Crippen LogP contribution < -0.4 is 21.3 Å². The second kappa shape index (κ2) is 19.3. The van der Waals surface area contributed by atoms with Crippen LogP contribution in [0.1, 0.15) is 28.0 Å². The number of likely N-dealkylation sites (N-methyl/N-ethyl adjacent to an activating group) is 1. The third-order valence-electron chi connectivity index (χ3n) is 9.16. The molecule has 0 saturated heterocycles. The largest absolute Gasteiger partial charge is 0.359 e. The molecule has 3 atom stereocenters. The van der Waals surface area contributed by atoms with Gasteiger partial charge in [0.1, 0.15) is 12.3 Å². The van der Waals surface area contributed by atoms with Crippen LogP contribution >= 0.6 is 34.0 Å². The number of guanidine groups is 6. The number of nitrogens with zero attached hydrogens (tertiary/aromatic N) is 11. The van der Waals surface area contributed by atoms with Crippen molar-refractivity contribution in [2.45, 2.75) is 51.1 Å². The molecule has 4 N–H and O–H groups in total. The van der Waals surface area contributed by atoms with Gasteiger partial charge in [0.05, 0.1) is 6.54 Å². The molecule has 0 radical (unpaired) electrons. The summed E-state index contributed by atoms with van der Waals surface area (Å²) in [6.07, 6.45) is 2.60. The Morgan fingerprint density at radius 2 is 1.09 bits per heavy atom. The van der Waals surface area contributed by atoms with E-state index in [-0.39, 0.29) is 18.5 Å². The molecule has 0 spiro atoms. The summed E-state index contributed by atoms with van der Waals surface area (Å²) in [4.78, 5) is 44.8. The molecule has 55 heavy (non-hydrogen) atoms. The Bertz CT molecular complexity index is 1830. The second-order valence-corrected chi connectivity index (χ2v) is 17.0. The van der Waals surface area contributed by atoms with Gasteiger partial charge in [-0.15, -0.1) is 34.0 Å². The number of rotatable bonds is 14. The normalized spacial score (nSPS) is 19.3. The Morgan fingerprint density at radius 1 is 0.582 bits per heavy atom. The fourth-order valence-electron chi connectivity index (χ4n) is 6.13. The Morgan fingerprint density at radius 3 is 1.65 bits per heavy atom. The van der Waals surface area contributed by atoms with Crippen LogP contribution in [0.5, 0.6) is 0 Å². The van der Waals surface area contributed by atoms with Crippen molar-refractivity contribution in [3.63, 3.8) is 0 Å². The molecule has 0 saturated carbocycles. The fraction of sp³-hybridized carbons (Fsp3) is 0.514. The van der Waals surface area contributed by atoms with Gasteiger partial charge in [0.25, 0.3) is 0 Å². The predicted molar refractivity (Wildman–Crippen MR) is 232 cm³/mol. The highest BCUT2D eigenvalue weighted by atomic mass is 32.1. The summed E-state index contributed by atoms with van der Waals surface area (Å²) in [6.45, 7) is 5.66. The topological polar surface area (TPSA) is 138 Å². The lowest BCUT2D eigenvalue weighted by Crippen LogP contribution is -2.55. The summed E-state index contributed by atoms with van der Waals surface area (Å²) in [5, 5.41) is 20.0. The van der Waals surface area contributed by atoms with E-state index in [9.17, 15) is 0 Å². The van der Waals surface area contributed by atoms with Gasteiger partial charge in [-0.1, -0.05) is 18.2 Å². The first kappa shape index (κ1) is 40.0. The van der Waals surface area contributed by atoms with Crippen molar-refractivity contribution in [2.75, 3.05) is 75.0 Å². The van der Waals surface area contributed by atoms with E-state index in [4.69, 9.17) is 25.0 Å². The molecule has 296 valence electrons. The zero-order valence-corrected chi connectivity index (χ0v) is 35.4. The quantitative estimate of drug-likeness (QED) is 0.194. The van der Waals surface area contributed by atoms with E-state index in [1.807, 2.05) is 52.0 Å². The van der Waals surface area contributed by atoms with Crippen LogP contribution in [0.2, 0.25) is 0 Å². The lowest BCUT2D eigenvalue weighted by molar-refractivity contribution is 0.360. The maximum Gasteiger partial charge on any atom is 0.203 e. The molecule has 0 amide bonds. The van der Waals surface area contributed by atoms with Gasteiger partial charge < -0.3 is 29.8 Å². The van der Waals surface area contributed by atoms with Crippen LogP contribution in [0.25, 0.3) is 0 Å². The number of nitrogens with one attached hydrogen (secondary N) is 4. The predicted octanol–water partition coefficient (Wildman–Crippen LogP) is 3.11. The summed E-state index contributed by atoms with van der Waals surface area (Å²) in [7, 11) is 12.0. The first-order valence-corrected chi connectivity index (χ1v) is 21.4. The molecule has 3 aliphatic rings. The zero-order valence-electron chi connectivity index (χ0n) is 32.9. The van der Waals surface area contributed by atoms with E-state index in [0.29, 0.717) is 25.5 Å². The van der Waals surface area contributed by atoms with Crippen LogP contribution in [0.15, 0.2) is 82.5 Å². The molecule has 0 bridgehead atoms. The average Bonchev–Trinajstić information content (AvgIpc) is 4.00. The highest BCUT2D eigenvalue weighted by Crippen LogP contribution is 2.17. The highest BCUT2D eigenvalue weighted by molar-refractivity contribution is 7.10. The molecule has 3 unspecified atom stereocenters. The van der Waals surface area contributed by atoms with E-state index in [1.165, 1.54) is 14.6 Å². The molecule has 3 aromatic rings. The number of hydrogen-bond acceptors (Lipinski definition) is 18. The van der Waals surface area contributed by atoms with Crippen LogP contribution in [0, 0.1) is 0 Å². The number of thiophene rings is 3. The Labute approximate surface area is 337 Å². The van der Waals surface area contributed by atoms with E-state index in [0.717, 1.165) is 68.7 Å². The van der Waals surface area contributed by atoms with Crippen molar-refractivity contribution in [1.29, 1.82) is 0 Å². The van der Waals surface area contributed by atoms with E-state index in [2.05, 4.69) is 101 Å². The van der Waals surface area contributed by atoms with Crippen molar-refractivity contribution in [3.8, 4) is 0 Å². The van der Waals surface area contributed by atoms with Gasteiger partial charge in [0, 0.05) is 89.5 Å². The molecule has 3 aliphatic heterocycles. The van der Waals surface area contributed by atoms with Crippen molar-refractivity contribution in [3.05, 3.63) is 67.2 Å². The minimum absolute atomic E-state index is 0.179. The molecular formula is C37H55N15S3. The van der Waals surface area contributed by atoms with Gasteiger partial charge in [-0.3, -0.25) is 16.0 Å². The first-order chi connectivity index (χ1) is 26.6. The lowest BCUT2D eigenvalue weighted by Gasteiger charge is -2.35. The smallest absolute Gasteiger partial charge is 0.203 e. The lowest BCUT2D eigenvalue weighted by atomic mass is 10.2. The maximum absolute atomic E-state index is 5.28. The van der Waals surface area contributed by atoms with Gasteiger partial charge >= 0.3 is 0 Å². The van der Waals surface area contributed by atoms with Gasteiger partial charge in [-0.05, 0) is 60.5 Å². The summed E-state index contributed by atoms with van der Waals surface area (Å²) in [5.41, 5.74) is 0. The van der Waals surface area contributed by atoms with Crippen molar-refractivity contribution >= 4 is 69.8 Å². The van der Waals surface area contributed by atoms with Gasteiger partial charge in [0.15, 0.2) is 12.1 Å². The Balaban J connectivity index is 1.23. The standard InChI is InChI=1S/C37H55N15S3/c1-26-39-33(48(3)4)46-36(40-26)51(19-15-28-12-9-23-54-28)21-17-30-42-34(49(5)6)47-37(43-30)52(20-16-29-13-10-24-55-29)25-31-41-32(38-2)45-35(44-31)50(7)18-14-27-11-8-22-53-27/h8-13,22-24,26,30-31H,14-21,25H2,1-7H3,(H,39,40,46)(H,42,43,47)(H2,38,41,44,45). The maximum atomic E-state index is 5.28. The minimum atomic E-state index is -0.353. The van der Waals surface area contributed by atoms with Crippen LogP contribution in [-0.4, -0.2) is 154 Å². The summed E-state index contributed by atoms with van der Waals surface area (Å²) in [6, 6.07) is 12.9. The van der Waals surface area contributed by atoms with Crippen LogP contribution in [0.4, 0.5) is 0 Å². The molecule has 0 aliphatic carbocycles. The van der Waals surface area contributed by atoms with Crippen LogP contribution in [0.3, 0.4) is 0 Å². The monoisotopic (exact) mass is 805 g/mol. The molecule has 6 heterocycles. The molecular weight excluding hydrogens is 751 g/mol. The third kappa shape index (κ3) is 11.4. The molecule has 6 rings (SSSR count). The minimum Gasteiger partial charge on any atom is -0.359 e. The van der Waals surface area contributed by atoms with Crippen molar-refractivity contribution in [2.24, 2.45) is 30.0 Å². The molecule has 3 aromatic heterocycles. The summed E-state index contributed by atoms with van der Waals surface area (Å²) < 4.78 is 0. The average molecular weight is 806 g/mol. The molecule has 18 heteroatoms. The fourth-order valence-corrected chi connectivity index (χ4v) is 8.23. The molecule has 0 aromatic carbocycles. The van der Waals surface area contributed by atoms with Crippen molar-refractivity contribution in [1.82, 2.24) is 45.8 Å². The van der Waals surface area contributed by atoms with Crippen molar-refractivity contribution < 1.29 is 0 Å².